The van der Waals surface area contributed by atoms with Crippen molar-refractivity contribution in [3.8, 4) is 0 Å². The average molecular weight is 249 g/mol. The molecule has 4 heteroatoms. The van der Waals surface area contributed by atoms with Crippen molar-refractivity contribution in [3.63, 3.8) is 0 Å². The van der Waals surface area contributed by atoms with Gasteiger partial charge in [0.25, 0.3) is 0 Å². The molecule has 0 saturated heterocycles. The summed E-state index contributed by atoms with van der Waals surface area (Å²) >= 11 is 0. The third-order valence-corrected chi connectivity index (χ3v) is 2.58. The summed E-state index contributed by atoms with van der Waals surface area (Å²) in [4.78, 5) is 13.5. The average Bonchev–Trinajstić information content (AvgIpc) is 2.35. The highest BCUT2D eigenvalue weighted by Crippen LogP contribution is 1.96. The van der Waals surface area contributed by atoms with Crippen molar-refractivity contribution in [1.29, 1.82) is 0 Å². The Bertz CT molecular complexity index is 338. The van der Waals surface area contributed by atoms with Gasteiger partial charge in [0.1, 0.15) is 0 Å². The van der Waals surface area contributed by atoms with Crippen LogP contribution in [0.15, 0.2) is 30.3 Å². The zero-order chi connectivity index (χ0) is 13.2. The molecule has 0 unspecified atom stereocenters. The van der Waals surface area contributed by atoms with Crippen LogP contribution in [0.1, 0.15) is 12.0 Å². The molecule has 0 bridgehead atoms. The summed E-state index contributed by atoms with van der Waals surface area (Å²) in [6.07, 6.45) is 0.528. The first kappa shape index (κ1) is 14.7. The summed E-state index contributed by atoms with van der Waals surface area (Å²) in [6.45, 7) is 3.11. The molecule has 1 aromatic carbocycles. The van der Waals surface area contributed by atoms with Crippen molar-refractivity contribution in [1.82, 2.24) is 15.5 Å². The van der Waals surface area contributed by atoms with Crippen LogP contribution in [0, 0.1) is 0 Å². The van der Waals surface area contributed by atoms with Gasteiger partial charge in [0, 0.05) is 32.6 Å². The van der Waals surface area contributed by atoms with Gasteiger partial charge >= 0.3 is 0 Å². The second kappa shape index (κ2) is 8.66. The number of likely N-dealkylation sites (N-methyl/N-ethyl adjacent to an activating group) is 1. The molecule has 0 saturated carbocycles. The smallest absolute Gasteiger partial charge is 0.221 e. The van der Waals surface area contributed by atoms with Crippen molar-refractivity contribution in [2.75, 3.05) is 33.7 Å². The van der Waals surface area contributed by atoms with Crippen LogP contribution in [0.25, 0.3) is 0 Å². The Labute approximate surface area is 109 Å². The second-order valence-electron chi connectivity index (χ2n) is 4.57. The molecule has 0 radical (unpaired) electrons. The van der Waals surface area contributed by atoms with E-state index in [1.54, 1.807) is 0 Å². The van der Waals surface area contributed by atoms with Gasteiger partial charge in [-0.05, 0) is 19.7 Å². The highest BCUT2D eigenvalue weighted by Gasteiger charge is 2.00. The van der Waals surface area contributed by atoms with Gasteiger partial charge in [-0.2, -0.15) is 0 Å². The second-order valence-corrected chi connectivity index (χ2v) is 4.57. The zero-order valence-electron chi connectivity index (χ0n) is 11.3. The van der Waals surface area contributed by atoms with Crippen molar-refractivity contribution in [3.05, 3.63) is 35.9 Å². The number of rotatable bonds is 8. The molecule has 0 aromatic heterocycles. The number of hydrogen-bond acceptors (Lipinski definition) is 3. The molecule has 1 rings (SSSR count). The SMILES string of the molecule is CN(C)CCNC(=O)CCNCc1ccccc1. The maximum atomic E-state index is 11.5. The van der Waals surface area contributed by atoms with Crippen molar-refractivity contribution >= 4 is 5.91 Å². The van der Waals surface area contributed by atoms with E-state index in [0.717, 1.165) is 13.1 Å². The van der Waals surface area contributed by atoms with E-state index in [-0.39, 0.29) is 5.91 Å². The fourth-order valence-corrected chi connectivity index (χ4v) is 1.54. The van der Waals surface area contributed by atoms with Crippen LogP contribution < -0.4 is 10.6 Å². The summed E-state index contributed by atoms with van der Waals surface area (Å²) in [5.74, 6) is 0.109. The van der Waals surface area contributed by atoms with E-state index < -0.39 is 0 Å². The monoisotopic (exact) mass is 249 g/mol. The molecule has 1 amide bonds. The van der Waals surface area contributed by atoms with Crippen LogP contribution in [0.4, 0.5) is 0 Å². The lowest BCUT2D eigenvalue weighted by molar-refractivity contribution is -0.121. The van der Waals surface area contributed by atoms with Gasteiger partial charge in [0.2, 0.25) is 5.91 Å². The molecule has 0 heterocycles. The summed E-state index contributed by atoms with van der Waals surface area (Å²) in [6, 6.07) is 10.2. The highest BCUT2D eigenvalue weighted by molar-refractivity contribution is 5.76. The fourth-order valence-electron chi connectivity index (χ4n) is 1.54. The van der Waals surface area contributed by atoms with Crippen LogP contribution >= 0.6 is 0 Å². The molecule has 0 aliphatic carbocycles. The van der Waals surface area contributed by atoms with E-state index in [9.17, 15) is 4.79 Å². The quantitative estimate of drug-likeness (QED) is 0.671. The number of benzene rings is 1. The Hall–Kier alpha value is -1.39. The third kappa shape index (κ3) is 7.04. The van der Waals surface area contributed by atoms with Crippen LogP contribution in [0.5, 0.6) is 0 Å². The number of hydrogen-bond donors (Lipinski definition) is 2. The van der Waals surface area contributed by atoms with Crippen LogP contribution in [0.2, 0.25) is 0 Å². The molecule has 100 valence electrons. The maximum Gasteiger partial charge on any atom is 0.221 e. The Morgan fingerprint density at radius 3 is 2.56 bits per heavy atom. The van der Waals surface area contributed by atoms with E-state index in [4.69, 9.17) is 0 Å². The van der Waals surface area contributed by atoms with Crippen LogP contribution in [-0.2, 0) is 11.3 Å². The summed E-state index contributed by atoms with van der Waals surface area (Å²) in [5, 5.41) is 6.15. The summed E-state index contributed by atoms with van der Waals surface area (Å²) in [5.41, 5.74) is 1.24. The first-order valence-corrected chi connectivity index (χ1v) is 6.34. The molecular formula is C14H23N3O. The van der Waals surface area contributed by atoms with Gasteiger partial charge < -0.3 is 15.5 Å². The van der Waals surface area contributed by atoms with Crippen LogP contribution in [-0.4, -0.2) is 44.5 Å². The Balaban J connectivity index is 2.02. The molecule has 0 atom stereocenters. The lowest BCUT2D eigenvalue weighted by Crippen LogP contribution is -2.33. The first-order chi connectivity index (χ1) is 8.68. The minimum atomic E-state index is 0.109. The Morgan fingerprint density at radius 2 is 1.89 bits per heavy atom. The number of carbonyl (C=O) groups excluding carboxylic acids is 1. The van der Waals surface area contributed by atoms with E-state index in [1.165, 1.54) is 5.56 Å². The standard InChI is InChI=1S/C14H23N3O/c1-17(2)11-10-16-14(18)8-9-15-12-13-6-4-3-5-7-13/h3-7,15H,8-12H2,1-2H3,(H,16,18). The van der Waals surface area contributed by atoms with Crippen molar-refractivity contribution in [2.24, 2.45) is 0 Å². The van der Waals surface area contributed by atoms with Gasteiger partial charge in [-0.3, -0.25) is 4.79 Å². The lowest BCUT2D eigenvalue weighted by Gasteiger charge is -2.10. The number of carbonyl (C=O) groups is 1. The molecule has 0 spiro atoms. The number of nitrogens with one attached hydrogen (secondary N) is 2. The van der Waals surface area contributed by atoms with Gasteiger partial charge in [0.15, 0.2) is 0 Å². The molecule has 1 aromatic rings. The zero-order valence-corrected chi connectivity index (χ0v) is 11.3. The van der Waals surface area contributed by atoms with E-state index in [0.29, 0.717) is 19.5 Å². The molecular weight excluding hydrogens is 226 g/mol. The topological polar surface area (TPSA) is 44.4 Å². The minimum absolute atomic E-state index is 0.109. The van der Waals surface area contributed by atoms with E-state index in [2.05, 4.69) is 22.8 Å². The van der Waals surface area contributed by atoms with Gasteiger partial charge in [0.05, 0.1) is 0 Å². The lowest BCUT2D eigenvalue weighted by atomic mass is 10.2. The summed E-state index contributed by atoms with van der Waals surface area (Å²) < 4.78 is 0. The number of amides is 1. The van der Waals surface area contributed by atoms with Crippen molar-refractivity contribution in [2.45, 2.75) is 13.0 Å². The molecule has 0 aliphatic heterocycles. The summed E-state index contributed by atoms with van der Waals surface area (Å²) in [7, 11) is 3.99. The van der Waals surface area contributed by atoms with Gasteiger partial charge in [-0.15, -0.1) is 0 Å². The highest BCUT2D eigenvalue weighted by atomic mass is 16.1. The Morgan fingerprint density at radius 1 is 1.17 bits per heavy atom. The minimum Gasteiger partial charge on any atom is -0.355 e. The van der Waals surface area contributed by atoms with E-state index in [1.807, 2.05) is 37.2 Å². The fraction of sp³-hybridized carbons (Fsp3) is 0.500. The predicted molar refractivity (Wildman–Crippen MR) is 74.3 cm³/mol. The molecule has 0 aliphatic rings. The molecule has 4 nitrogen and oxygen atoms in total. The van der Waals surface area contributed by atoms with Gasteiger partial charge in [-0.25, -0.2) is 0 Å². The normalized spacial score (nSPS) is 10.6. The molecule has 2 N–H and O–H groups in total. The van der Waals surface area contributed by atoms with E-state index >= 15 is 0 Å². The predicted octanol–water partition coefficient (Wildman–Crippen LogP) is 0.844. The van der Waals surface area contributed by atoms with Gasteiger partial charge in [-0.1, -0.05) is 30.3 Å². The molecule has 0 fully saturated rings. The third-order valence-electron chi connectivity index (χ3n) is 2.58. The largest absolute Gasteiger partial charge is 0.355 e. The first-order valence-electron chi connectivity index (χ1n) is 6.34. The Kier molecular flexibility index (Phi) is 7.06. The van der Waals surface area contributed by atoms with Crippen molar-refractivity contribution < 1.29 is 4.79 Å². The van der Waals surface area contributed by atoms with Crippen LogP contribution in [0.3, 0.4) is 0 Å². The number of nitrogens with zero attached hydrogens (tertiary/aromatic N) is 1. The maximum absolute atomic E-state index is 11.5. The molecule has 18 heavy (non-hydrogen) atoms.